The van der Waals surface area contributed by atoms with Gasteiger partial charge in [0, 0.05) is 63.3 Å². The zero-order chi connectivity index (χ0) is 33.4. The van der Waals surface area contributed by atoms with Gasteiger partial charge in [0.1, 0.15) is 5.60 Å². The summed E-state index contributed by atoms with van der Waals surface area (Å²) in [7, 11) is -0.681. The lowest BCUT2D eigenvalue weighted by atomic mass is 10.0. The van der Waals surface area contributed by atoms with E-state index in [4.69, 9.17) is 18.9 Å². The van der Waals surface area contributed by atoms with Crippen molar-refractivity contribution in [1.29, 1.82) is 0 Å². The highest BCUT2D eigenvalue weighted by Crippen LogP contribution is 2.31. The quantitative estimate of drug-likeness (QED) is 0.288. The summed E-state index contributed by atoms with van der Waals surface area (Å²) >= 11 is 0. The second-order valence-corrected chi connectivity index (χ2v) is 14.6. The van der Waals surface area contributed by atoms with E-state index in [1.165, 1.54) is 12.0 Å². The molecule has 1 saturated heterocycles. The van der Waals surface area contributed by atoms with Gasteiger partial charge in [-0.05, 0) is 65.3 Å². The number of rotatable bonds is 14. The molecule has 3 atom stereocenters. The molecule has 45 heavy (non-hydrogen) atoms. The van der Waals surface area contributed by atoms with Crippen LogP contribution in [-0.4, -0.2) is 95.0 Å². The lowest BCUT2D eigenvalue weighted by Crippen LogP contribution is -2.48. The molecule has 1 fully saturated rings. The molecule has 12 heteroatoms. The summed E-state index contributed by atoms with van der Waals surface area (Å²) in [5.74, 6) is 0.306. The van der Waals surface area contributed by atoms with Crippen LogP contribution in [0.1, 0.15) is 69.1 Å². The van der Waals surface area contributed by atoms with Gasteiger partial charge < -0.3 is 28.7 Å². The average molecular weight is 648 g/mol. The lowest BCUT2D eigenvalue weighted by molar-refractivity contribution is 0.0283. The highest BCUT2D eigenvalue weighted by atomic mass is 32.2. The Hall–Kier alpha value is -3.35. The third kappa shape index (κ3) is 10.1. The van der Waals surface area contributed by atoms with Gasteiger partial charge >= 0.3 is 6.09 Å². The molecule has 3 rings (SSSR count). The molecule has 11 nitrogen and oxygen atoms in total. The highest BCUT2D eigenvalue weighted by molar-refractivity contribution is 7.89. The number of methoxy groups -OCH3 is 2. The van der Waals surface area contributed by atoms with E-state index in [2.05, 4.69) is 4.72 Å². The number of benzene rings is 2. The molecule has 1 heterocycles. The fraction of sp³-hybridized carbons (Fsp3) is 0.576. The van der Waals surface area contributed by atoms with Crippen molar-refractivity contribution < 1.29 is 37.0 Å². The largest absolute Gasteiger partial charge is 0.493 e. The fourth-order valence-corrected chi connectivity index (χ4v) is 6.54. The number of ether oxygens (including phenoxy) is 4. The number of nitrogens with zero attached hydrogens (tertiary/aromatic N) is 2. The maximum Gasteiger partial charge on any atom is 0.410 e. The number of hydrogen-bond acceptors (Lipinski definition) is 8. The molecule has 1 aliphatic heterocycles. The van der Waals surface area contributed by atoms with Gasteiger partial charge in [-0.15, -0.1) is 0 Å². The van der Waals surface area contributed by atoms with Crippen molar-refractivity contribution in [1.82, 2.24) is 14.5 Å². The van der Waals surface area contributed by atoms with E-state index in [9.17, 15) is 18.0 Å². The molecule has 2 aromatic carbocycles. The number of carbonyl (C=O) groups is 2. The third-order valence-electron chi connectivity index (χ3n) is 7.62. The molecule has 0 saturated carbocycles. The maximum atomic E-state index is 14.0. The van der Waals surface area contributed by atoms with Gasteiger partial charge in [-0.3, -0.25) is 4.79 Å². The molecular weight excluding hydrogens is 598 g/mol. The predicted octanol–water partition coefficient (Wildman–Crippen LogP) is 4.88. The minimum atomic E-state index is -3.84. The van der Waals surface area contributed by atoms with E-state index in [-0.39, 0.29) is 31.6 Å². The standard InChI is InChI=1S/C33H49N3O8S/c1-23(2)36(31(37)26-15-16-29(42-8)30(19-26)43-18-12-17-41-7)21-27-20-35(32(38)44-33(4,5)6)22-28(27)34-45(39,40)24(3)25-13-10-9-11-14-25/h9-11,13-16,19,23-24,27-28,34H,12,17-18,20-22H2,1-8H3/t24?,27-,28+/m0/s1. The highest BCUT2D eigenvalue weighted by Gasteiger charge is 2.42. The number of sulfonamides is 1. The zero-order valence-electron chi connectivity index (χ0n) is 27.7. The Balaban J connectivity index is 1.88. The van der Waals surface area contributed by atoms with Gasteiger partial charge in [0.05, 0.1) is 19.0 Å². The molecule has 250 valence electrons. The molecule has 2 amide bonds. The monoisotopic (exact) mass is 647 g/mol. The van der Waals surface area contributed by atoms with Gasteiger partial charge in [0.2, 0.25) is 10.0 Å². The molecule has 0 bridgehead atoms. The van der Waals surface area contributed by atoms with Gasteiger partial charge in [-0.25, -0.2) is 17.9 Å². The topological polar surface area (TPSA) is 124 Å². The first-order valence-corrected chi connectivity index (χ1v) is 16.9. The van der Waals surface area contributed by atoms with Crippen molar-refractivity contribution in [3.63, 3.8) is 0 Å². The van der Waals surface area contributed by atoms with Crippen LogP contribution in [0.25, 0.3) is 0 Å². The van der Waals surface area contributed by atoms with Crippen LogP contribution in [-0.2, 0) is 19.5 Å². The van der Waals surface area contributed by atoms with Crippen molar-refractivity contribution in [2.75, 3.05) is 47.1 Å². The summed E-state index contributed by atoms with van der Waals surface area (Å²) in [6, 6.07) is 13.1. The first kappa shape index (κ1) is 36.1. The summed E-state index contributed by atoms with van der Waals surface area (Å²) in [5, 5.41) is -0.820. The summed E-state index contributed by atoms with van der Waals surface area (Å²) in [6.07, 6.45) is 0.143. The van der Waals surface area contributed by atoms with Crippen molar-refractivity contribution in [2.24, 2.45) is 5.92 Å². The normalized spacial score (nSPS) is 17.7. The Kier molecular flexibility index (Phi) is 12.7. The Labute approximate surface area is 268 Å². The van der Waals surface area contributed by atoms with Gasteiger partial charge in [-0.2, -0.15) is 0 Å². The van der Waals surface area contributed by atoms with Gasteiger partial charge in [0.15, 0.2) is 11.5 Å². The SMILES string of the molecule is COCCCOc1cc(C(=O)N(C[C@@H]2CN(C(=O)OC(C)(C)C)C[C@H]2NS(=O)(=O)C(C)c2ccccc2)C(C)C)ccc1OC. The molecule has 0 radical (unpaired) electrons. The average Bonchev–Trinajstić information content (AvgIpc) is 3.38. The summed E-state index contributed by atoms with van der Waals surface area (Å²) < 4.78 is 52.1. The van der Waals surface area contributed by atoms with E-state index in [1.807, 2.05) is 19.9 Å². The molecule has 0 aliphatic carbocycles. The number of hydrogen-bond donors (Lipinski definition) is 1. The first-order valence-electron chi connectivity index (χ1n) is 15.3. The van der Waals surface area contributed by atoms with E-state index in [0.717, 1.165) is 0 Å². The number of nitrogens with one attached hydrogen (secondary N) is 1. The Morgan fingerprint density at radius 2 is 1.69 bits per heavy atom. The molecule has 1 aliphatic rings. The first-order chi connectivity index (χ1) is 21.2. The summed E-state index contributed by atoms with van der Waals surface area (Å²) in [4.78, 5) is 30.3. The van der Waals surface area contributed by atoms with Crippen molar-refractivity contribution in [2.45, 2.75) is 70.9 Å². The van der Waals surface area contributed by atoms with Gasteiger partial charge in [-0.1, -0.05) is 30.3 Å². The Morgan fingerprint density at radius 3 is 2.29 bits per heavy atom. The number of likely N-dealkylation sites (tertiary alicyclic amines) is 1. The van der Waals surface area contributed by atoms with Crippen LogP contribution in [0.15, 0.2) is 48.5 Å². The lowest BCUT2D eigenvalue weighted by Gasteiger charge is -2.32. The van der Waals surface area contributed by atoms with E-state index in [1.54, 1.807) is 82.2 Å². The van der Waals surface area contributed by atoms with Crippen LogP contribution in [0.4, 0.5) is 4.79 Å². The second-order valence-electron chi connectivity index (χ2n) is 12.6. The minimum absolute atomic E-state index is 0.114. The van der Waals surface area contributed by atoms with Crippen LogP contribution in [0, 0.1) is 5.92 Å². The van der Waals surface area contributed by atoms with Crippen LogP contribution in [0.5, 0.6) is 11.5 Å². The van der Waals surface area contributed by atoms with Crippen LogP contribution in [0.3, 0.4) is 0 Å². The summed E-state index contributed by atoms with van der Waals surface area (Å²) in [6.45, 7) is 12.3. The van der Waals surface area contributed by atoms with E-state index in [0.29, 0.717) is 42.3 Å². The molecular formula is C33H49N3O8S. The van der Waals surface area contributed by atoms with E-state index >= 15 is 0 Å². The molecule has 1 unspecified atom stereocenters. The second kappa shape index (κ2) is 15.8. The van der Waals surface area contributed by atoms with Gasteiger partial charge in [0.25, 0.3) is 5.91 Å². The Bertz CT molecular complexity index is 1380. The maximum absolute atomic E-state index is 14.0. The fourth-order valence-electron chi connectivity index (χ4n) is 5.14. The van der Waals surface area contributed by atoms with Crippen molar-refractivity contribution >= 4 is 22.0 Å². The van der Waals surface area contributed by atoms with Crippen molar-refractivity contribution in [3.05, 3.63) is 59.7 Å². The summed E-state index contributed by atoms with van der Waals surface area (Å²) in [5.41, 5.74) is 0.342. The van der Waals surface area contributed by atoms with Crippen LogP contribution < -0.4 is 14.2 Å². The van der Waals surface area contributed by atoms with Crippen molar-refractivity contribution in [3.8, 4) is 11.5 Å². The minimum Gasteiger partial charge on any atom is -0.493 e. The number of amides is 2. The molecule has 1 N–H and O–H groups in total. The van der Waals surface area contributed by atoms with Crippen LogP contribution >= 0.6 is 0 Å². The third-order valence-corrected chi connectivity index (χ3v) is 9.45. The number of carbonyl (C=O) groups excluding carboxylic acids is 2. The molecule has 0 aromatic heterocycles. The predicted molar refractivity (Wildman–Crippen MR) is 173 cm³/mol. The molecule has 0 spiro atoms. The Morgan fingerprint density at radius 1 is 1.00 bits per heavy atom. The van der Waals surface area contributed by atoms with Crippen LogP contribution in [0.2, 0.25) is 0 Å². The zero-order valence-corrected chi connectivity index (χ0v) is 28.6. The smallest absolute Gasteiger partial charge is 0.410 e. The van der Waals surface area contributed by atoms with E-state index < -0.39 is 38.9 Å². The molecule has 2 aromatic rings.